The Labute approximate surface area is 187 Å². The number of nitrogens with zero attached hydrogens (tertiary/aromatic N) is 1. The summed E-state index contributed by atoms with van der Waals surface area (Å²) in [5.41, 5.74) is 3.32. The summed E-state index contributed by atoms with van der Waals surface area (Å²) in [6, 6.07) is 18.0. The van der Waals surface area contributed by atoms with Crippen LogP contribution in [0.2, 0.25) is 0 Å². The molecule has 0 spiro atoms. The van der Waals surface area contributed by atoms with Crippen LogP contribution in [0.1, 0.15) is 62.1 Å². The van der Waals surface area contributed by atoms with Gasteiger partial charge in [-0.05, 0) is 49.3 Å². The van der Waals surface area contributed by atoms with Gasteiger partial charge in [-0.1, -0.05) is 80.8 Å². The van der Waals surface area contributed by atoms with Gasteiger partial charge < -0.3 is 10.2 Å². The highest BCUT2D eigenvalue weighted by Crippen LogP contribution is 2.19. The van der Waals surface area contributed by atoms with Crippen LogP contribution in [0, 0.1) is 6.92 Å². The zero-order chi connectivity index (χ0) is 22.1. The highest BCUT2D eigenvalue weighted by molar-refractivity contribution is 5.88. The van der Waals surface area contributed by atoms with Crippen LogP contribution in [0.4, 0.5) is 0 Å². The van der Waals surface area contributed by atoms with Crippen molar-refractivity contribution in [3.05, 3.63) is 71.3 Å². The number of rotatable bonds is 9. The van der Waals surface area contributed by atoms with E-state index in [1.54, 1.807) is 0 Å². The van der Waals surface area contributed by atoms with Crippen molar-refractivity contribution in [1.82, 2.24) is 10.2 Å². The lowest BCUT2D eigenvalue weighted by atomic mass is 9.95. The molecule has 31 heavy (non-hydrogen) atoms. The molecular formula is C27H36N2O2. The Balaban J connectivity index is 1.75. The number of hydrogen-bond acceptors (Lipinski definition) is 2. The number of benzene rings is 2. The lowest BCUT2D eigenvalue weighted by Crippen LogP contribution is -2.52. The van der Waals surface area contributed by atoms with Crippen LogP contribution in [0.15, 0.2) is 54.6 Å². The predicted octanol–water partition coefficient (Wildman–Crippen LogP) is 4.84. The second kappa shape index (κ2) is 11.7. The monoisotopic (exact) mass is 420 g/mol. The summed E-state index contributed by atoms with van der Waals surface area (Å²) >= 11 is 0. The fourth-order valence-electron chi connectivity index (χ4n) is 4.51. The van der Waals surface area contributed by atoms with Crippen LogP contribution in [0.5, 0.6) is 0 Å². The minimum atomic E-state index is -0.429. The van der Waals surface area contributed by atoms with Gasteiger partial charge in [0.2, 0.25) is 11.8 Å². The van der Waals surface area contributed by atoms with E-state index in [0.29, 0.717) is 19.4 Å². The smallest absolute Gasteiger partial charge is 0.243 e. The molecule has 0 saturated heterocycles. The molecule has 1 fully saturated rings. The molecule has 4 nitrogen and oxygen atoms in total. The van der Waals surface area contributed by atoms with Gasteiger partial charge in [0.1, 0.15) is 6.04 Å². The van der Waals surface area contributed by atoms with Crippen molar-refractivity contribution in [2.45, 2.75) is 77.3 Å². The molecule has 0 aliphatic heterocycles. The van der Waals surface area contributed by atoms with Crippen molar-refractivity contribution in [2.75, 3.05) is 6.54 Å². The lowest BCUT2D eigenvalue weighted by molar-refractivity contribution is -0.140. The van der Waals surface area contributed by atoms with E-state index in [0.717, 1.165) is 30.4 Å². The molecule has 0 unspecified atom stereocenters. The van der Waals surface area contributed by atoms with Crippen molar-refractivity contribution in [2.24, 2.45) is 0 Å². The van der Waals surface area contributed by atoms with Gasteiger partial charge in [0.15, 0.2) is 0 Å². The third-order valence-corrected chi connectivity index (χ3v) is 6.42. The molecule has 1 aliphatic carbocycles. The largest absolute Gasteiger partial charge is 0.352 e. The van der Waals surface area contributed by atoms with E-state index in [-0.39, 0.29) is 17.9 Å². The first kappa shape index (κ1) is 23.1. The molecule has 1 aliphatic rings. The average Bonchev–Trinajstić information content (AvgIpc) is 2.79. The summed E-state index contributed by atoms with van der Waals surface area (Å²) in [5, 5.41) is 3.25. The molecule has 0 radical (unpaired) electrons. The van der Waals surface area contributed by atoms with Gasteiger partial charge in [0, 0.05) is 12.6 Å². The number of amides is 2. The Bertz CT molecular complexity index is 843. The second-order valence-electron chi connectivity index (χ2n) is 8.69. The number of hydrogen-bond donors (Lipinski definition) is 1. The quantitative estimate of drug-likeness (QED) is 0.631. The normalized spacial score (nSPS) is 15.3. The highest BCUT2D eigenvalue weighted by atomic mass is 16.2. The summed E-state index contributed by atoms with van der Waals surface area (Å²) in [7, 11) is 0. The van der Waals surface area contributed by atoms with E-state index in [2.05, 4.69) is 17.4 Å². The van der Waals surface area contributed by atoms with Crippen LogP contribution in [0.3, 0.4) is 0 Å². The van der Waals surface area contributed by atoms with Crippen molar-refractivity contribution in [3.63, 3.8) is 0 Å². The Hall–Kier alpha value is -2.62. The van der Waals surface area contributed by atoms with Gasteiger partial charge in [-0.25, -0.2) is 0 Å². The van der Waals surface area contributed by atoms with Gasteiger partial charge in [-0.3, -0.25) is 9.59 Å². The molecule has 2 aromatic rings. The molecule has 4 heteroatoms. The van der Waals surface area contributed by atoms with E-state index < -0.39 is 6.04 Å². The maximum atomic E-state index is 13.4. The Morgan fingerprint density at radius 3 is 2.35 bits per heavy atom. The maximum Gasteiger partial charge on any atom is 0.243 e. The Kier molecular flexibility index (Phi) is 8.69. The first-order valence-electron chi connectivity index (χ1n) is 11.8. The fraction of sp³-hybridized carbons (Fsp3) is 0.481. The first-order chi connectivity index (χ1) is 15.1. The molecule has 3 rings (SSSR count). The minimum Gasteiger partial charge on any atom is -0.352 e. The van der Waals surface area contributed by atoms with Gasteiger partial charge in [-0.15, -0.1) is 0 Å². The molecule has 1 saturated carbocycles. The van der Waals surface area contributed by atoms with E-state index >= 15 is 0 Å². The maximum absolute atomic E-state index is 13.4. The van der Waals surface area contributed by atoms with Crippen LogP contribution in [0.25, 0.3) is 0 Å². The summed E-state index contributed by atoms with van der Waals surface area (Å²) in [5.74, 6) is 0.0245. The SMILES string of the molecule is CC[C@H](C(=O)NC1CCCCC1)N(CCc1ccccc1)C(=O)Cc1ccccc1C. The fourth-order valence-corrected chi connectivity index (χ4v) is 4.51. The van der Waals surface area contributed by atoms with Crippen LogP contribution < -0.4 is 5.32 Å². The molecule has 2 aromatic carbocycles. The number of carbonyl (C=O) groups excluding carboxylic acids is 2. The zero-order valence-electron chi connectivity index (χ0n) is 19.0. The van der Waals surface area contributed by atoms with Crippen molar-refractivity contribution in [1.29, 1.82) is 0 Å². The van der Waals surface area contributed by atoms with Crippen molar-refractivity contribution >= 4 is 11.8 Å². The Morgan fingerprint density at radius 2 is 1.68 bits per heavy atom. The van der Waals surface area contributed by atoms with Crippen LogP contribution >= 0.6 is 0 Å². The summed E-state index contributed by atoms with van der Waals surface area (Å²) in [6.07, 6.45) is 7.38. The summed E-state index contributed by atoms with van der Waals surface area (Å²) in [4.78, 5) is 28.5. The third kappa shape index (κ3) is 6.68. The first-order valence-corrected chi connectivity index (χ1v) is 11.8. The van der Waals surface area contributed by atoms with E-state index in [1.165, 1.54) is 24.8 Å². The van der Waals surface area contributed by atoms with E-state index in [9.17, 15) is 9.59 Å². The second-order valence-corrected chi connectivity index (χ2v) is 8.69. The number of nitrogens with one attached hydrogen (secondary N) is 1. The molecule has 166 valence electrons. The predicted molar refractivity (Wildman–Crippen MR) is 126 cm³/mol. The molecule has 2 amide bonds. The highest BCUT2D eigenvalue weighted by Gasteiger charge is 2.30. The number of carbonyl (C=O) groups is 2. The van der Waals surface area contributed by atoms with Gasteiger partial charge in [-0.2, -0.15) is 0 Å². The Morgan fingerprint density at radius 1 is 1.00 bits per heavy atom. The van der Waals surface area contributed by atoms with Gasteiger partial charge >= 0.3 is 0 Å². The zero-order valence-corrected chi connectivity index (χ0v) is 19.0. The lowest BCUT2D eigenvalue weighted by Gasteiger charge is -2.33. The molecule has 0 aromatic heterocycles. The van der Waals surface area contributed by atoms with Crippen LogP contribution in [-0.2, 0) is 22.4 Å². The van der Waals surface area contributed by atoms with E-state index in [4.69, 9.17) is 0 Å². The molecular weight excluding hydrogens is 384 g/mol. The van der Waals surface area contributed by atoms with Crippen molar-refractivity contribution < 1.29 is 9.59 Å². The third-order valence-electron chi connectivity index (χ3n) is 6.42. The van der Waals surface area contributed by atoms with Gasteiger partial charge in [0.25, 0.3) is 0 Å². The summed E-state index contributed by atoms with van der Waals surface area (Å²) in [6.45, 7) is 4.58. The topological polar surface area (TPSA) is 49.4 Å². The van der Waals surface area contributed by atoms with Crippen LogP contribution in [-0.4, -0.2) is 35.3 Å². The molecule has 1 atom stereocenters. The summed E-state index contributed by atoms with van der Waals surface area (Å²) < 4.78 is 0. The standard InChI is InChI=1S/C27H36N2O2/c1-3-25(27(31)28-24-16-8-5-9-17-24)29(19-18-22-13-6-4-7-14-22)26(30)20-23-15-11-10-12-21(23)2/h4,6-7,10-15,24-25H,3,5,8-9,16-20H2,1-2H3,(H,28,31)/t25-/m1/s1. The molecule has 1 N–H and O–H groups in total. The minimum absolute atomic E-state index is 0.000551. The molecule has 0 bridgehead atoms. The van der Waals surface area contributed by atoms with Crippen molar-refractivity contribution in [3.8, 4) is 0 Å². The van der Waals surface area contributed by atoms with E-state index in [1.807, 2.05) is 61.2 Å². The van der Waals surface area contributed by atoms with Gasteiger partial charge in [0.05, 0.1) is 6.42 Å². The number of aryl methyl sites for hydroxylation is 1. The average molecular weight is 421 g/mol. The molecule has 0 heterocycles.